The first-order valence-corrected chi connectivity index (χ1v) is 9.56. The Balaban J connectivity index is 2.56. The number of nitrogens with zero attached hydrogens (tertiary/aromatic N) is 2. The van der Waals surface area contributed by atoms with E-state index < -0.39 is 22.5 Å². The molecule has 0 aliphatic carbocycles. The topological polar surface area (TPSA) is 87.5 Å². The molecule has 2 rings (SSSR count). The number of carbonyl (C=O) groups excluding carboxylic acids is 1. The Kier molecular flexibility index (Phi) is 6.24. The Morgan fingerprint density at radius 2 is 1.88 bits per heavy atom. The molecular weight excluding hydrogens is 376 g/mol. The highest BCUT2D eigenvalue weighted by Crippen LogP contribution is 2.30. The average molecular weight is 393 g/mol. The van der Waals surface area contributed by atoms with Gasteiger partial charge in [0.25, 0.3) is 10.0 Å². The molecule has 0 amide bonds. The van der Waals surface area contributed by atoms with Crippen molar-refractivity contribution < 1.29 is 17.9 Å². The number of nitriles is 1. The van der Waals surface area contributed by atoms with Gasteiger partial charge in [0.15, 0.2) is 0 Å². The molecule has 0 fully saturated rings. The first kappa shape index (κ1) is 19.8. The SMILES string of the molecule is CCOC(=O)CN(c1cccc(Cl)c1C)S(=O)(=O)c1ccc(C#N)cc1. The van der Waals surface area contributed by atoms with Gasteiger partial charge in [0.1, 0.15) is 6.54 Å². The van der Waals surface area contributed by atoms with Crippen LogP contribution in [0.4, 0.5) is 5.69 Å². The largest absolute Gasteiger partial charge is 0.465 e. The monoisotopic (exact) mass is 392 g/mol. The maximum atomic E-state index is 13.1. The molecular formula is C18H17ClN2O4S. The zero-order valence-corrected chi connectivity index (χ0v) is 15.8. The van der Waals surface area contributed by atoms with Crippen LogP contribution in [0.15, 0.2) is 47.4 Å². The van der Waals surface area contributed by atoms with E-state index in [-0.39, 0.29) is 17.2 Å². The van der Waals surface area contributed by atoms with Crippen LogP contribution in [0.1, 0.15) is 18.1 Å². The molecule has 0 aliphatic rings. The van der Waals surface area contributed by atoms with Crippen LogP contribution < -0.4 is 4.31 Å². The summed E-state index contributed by atoms with van der Waals surface area (Å²) < 4.78 is 32.1. The van der Waals surface area contributed by atoms with Gasteiger partial charge in [0, 0.05) is 5.02 Å². The van der Waals surface area contributed by atoms with E-state index in [9.17, 15) is 13.2 Å². The highest BCUT2D eigenvalue weighted by Gasteiger charge is 2.29. The average Bonchev–Trinajstić information content (AvgIpc) is 2.62. The number of carbonyl (C=O) groups is 1. The predicted octanol–water partition coefficient (Wildman–Crippen LogP) is 3.28. The number of hydrogen-bond donors (Lipinski definition) is 0. The molecule has 0 heterocycles. The molecule has 0 aliphatic heterocycles. The van der Waals surface area contributed by atoms with Crippen LogP contribution in [0.2, 0.25) is 5.02 Å². The van der Waals surface area contributed by atoms with E-state index in [0.717, 1.165) is 4.31 Å². The summed E-state index contributed by atoms with van der Waals surface area (Å²) in [5.41, 5.74) is 1.14. The van der Waals surface area contributed by atoms with Crippen molar-refractivity contribution in [3.05, 3.63) is 58.6 Å². The van der Waals surface area contributed by atoms with Crippen molar-refractivity contribution in [2.45, 2.75) is 18.7 Å². The van der Waals surface area contributed by atoms with Gasteiger partial charge in [-0.2, -0.15) is 5.26 Å². The maximum Gasteiger partial charge on any atom is 0.326 e. The first-order valence-electron chi connectivity index (χ1n) is 7.75. The Labute approximate surface area is 157 Å². The standard InChI is InChI=1S/C18H17ClN2O4S/c1-3-25-18(22)12-21(17-6-4-5-16(19)13(17)2)26(23,24)15-9-7-14(11-20)8-10-15/h4-10H,3,12H2,1-2H3. The fourth-order valence-electron chi connectivity index (χ4n) is 2.32. The van der Waals surface area contributed by atoms with Crippen LogP contribution in [0, 0.1) is 18.3 Å². The van der Waals surface area contributed by atoms with Gasteiger partial charge in [-0.25, -0.2) is 8.42 Å². The Bertz CT molecular complexity index is 950. The quantitative estimate of drug-likeness (QED) is 0.704. The van der Waals surface area contributed by atoms with E-state index in [2.05, 4.69) is 0 Å². The second kappa shape index (κ2) is 8.21. The van der Waals surface area contributed by atoms with Gasteiger partial charge in [-0.1, -0.05) is 17.7 Å². The molecule has 0 aromatic heterocycles. The molecule has 0 unspecified atom stereocenters. The number of esters is 1. The summed E-state index contributed by atoms with van der Waals surface area (Å²) in [6.45, 7) is 2.96. The van der Waals surface area contributed by atoms with Gasteiger partial charge >= 0.3 is 5.97 Å². The zero-order chi connectivity index (χ0) is 19.3. The lowest BCUT2D eigenvalue weighted by Gasteiger charge is -2.25. The fraction of sp³-hybridized carbons (Fsp3) is 0.222. The molecule has 6 nitrogen and oxygen atoms in total. The Morgan fingerprint density at radius 1 is 1.23 bits per heavy atom. The van der Waals surface area contributed by atoms with Crippen molar-refractivity contribution in [1.82, 2.24) is 0 Å². The third-order valence-corrected chi connectivity index (χ3v) is 5.84. The number of ether oxygens (including phenoxy) is 1. The Hall–Kier alpha value is -2.56. The lowest BCUT2D eigenvalue weighted by Crippen LogP contribution is -2.37. The second-order valence-corrected chi connectivity index (χ2v) is 7.61. The smallest absolute Gasteiger partial charge is 0.326 e. The summed E-state index contributed by atoms with van der Waals surface area (Å²) in [7, 11) is -4.07. The van der Waals surface area contributed by atoms with E-state index in [1.807, 2.05) is 6.07 Å². The van der Waals surface area contributed by atoms with Gasteiger partial charge in [-0.05, 0) is 55.8 Å². The van der Waals surface area contributed by atoms with Gasteiger partial charge < -0.3 is 4.74 Å². The molecule has 0 saturated heterocycles. The Morgan fingerprint density at radius 3 is 2.46 bits per heavy atom. The summed E-state index contributed by atoms with van der Waals surface area (Å²) in [5.74, 6) is -0.677. The maximum absolute atomic E-state index is 13.1. The molecule has 0 bridgehead atoms. The molecule has 8 heteroatoms. The van der Waals surface area contributed by atoms with Gasteiger partial charge in [0.2, 0.25) is 0 Å². The molecule has 0 saturated carbocycles. The molecule has 0 atom stereocenters. The number of anilines is 1. The van der Waals surface area contributed by atoms with Crippen molar-refractivity contribution in [3.8, 4) is 6.07 Å². The predicted molar refractivity (Wildman–Crippen MR) is 98.5 cm³/mol. The van der Waals surface area contributed by atoms with Crippen molar-refractivity contribution >= 4 is 33.3 Å². The molecule has 2 aromatic carbocycles. The van der Waals surface area contributed by atoms with Crippen LogP contribution >= 0.6 is 11.6 Å². The van der Waals surface area contributed by atoms with E-state index in [1.165, 1.54) is 24.3 Å². The summed E-state index contributed by atoms with van der Waals surface area (Å²) >= 11 is 6.12. The minimum Gasteiger partial charge on any atom is -0.465 e. The summed E-state index contributed by atoms with van der Waals surface area (Å²) in [4.78, 5) is 12.0. The molecule has 136 valence electrons. The van der Waals surface area contributed by atoms with Gasteiger partial charge in [-0.3, -0.25) is 9.10 Å². The van der Waals surface area contributed by atoms with Crippen molar-refractivity contribution in [2.24, 2.45) is 0 Å². The molecule has 26 heavy (non-hydrogen) atoms. The molecule has 0 N–H and O–H groups in total. The number of rotatable bonds is 6. The van der Waals surface area contributed by atoms with E-state index >= 15 is 0 Å². The van der Waals surface area contributed by atoms with Gasteiger partial charge in [0.05, 0.1) is 28.8 Å². The minimum absolute atomic E-state index is 0.0415. The van der Waals surface area contributed by atoms with Crippen molar-refractivity contribution in [1.29, 1.82) is 5.26 Å². The second-order valence-electron chi connectivity index (χ2n) is 5.34. The number of hydrogen-bond acceptors (Lipinski definition) is 5. The highest BCUT2D eigenvalue weighted by atomic mass is 35.5. The normalized spacial score (nSPS) is 10.8. The van der Waals surface area contributed by atoms with Crippen LogP contribution in [-0.4, -0.2) is 27.5 Å². The molecule has 0 spiro atoms. The van der Waals surface area contributed by atoms with Crippen LogP contribution in [0.5, 0.6) is 0 Å². The summed E-state index contributed by atoms with van der Waals surface area (Å²) in [6.07, 6.45) is 0. The molecule has 2 aromatic rings. The highest BCUT2D eigenvalue weighted by molar-refractivity contribution is 7.92. The van der Waals surface area contributed by atoms with E-state index in [0.29, 0.717) is 16.1 Å². The number of sulfonamides is 1. The number of benzene rings is 2. The summed E-state index contributed by atoms with van der Waals surface area (Å²) in [5, 5.41) is 9.26. The summed E-state index contributed by atoms with van der Waals surface area (Å²) in [6, 6.07) is 12.2. The number of halogens is 1. The molecule has 0 radical (unpaired) electrons. The van der Waals surface area contributed by atoms with Crippen molar-refractivity contribution in [2.75, 3.05) is 17.5 Å². The lowest BCUT2D eigenvalue weighted by atomic mass is 10.2. The fourth-order valence-corrected chi connectivity index (χ4v) is 3.95. The van der Waals surface area contributed by atoms with E-state index in [4.69, 9.17) is 21.6 Å². The third-order valence-electron chi connectivity index (χ3n) is 3.66. The van der Waals surface area contributed by atoms with Crippen LogP contribution in [-0.2, 0) is 19.6 Å². The third kappa shape index (κ3) is 4.15. The van der Waals surface area contributed by atoms with E-state index in [1.54, 1.807) is 32.0 Å². The lowest BCUT2D eigenvalue weighted by molar-refractivity contribution is -0.141. The van der Waals surface area contributed by atoms with Gasteiger partial charge in [-0.15, -0.1) is 0 Å². The van der Waals surface area contributed by atoms with Crippen molar-refractivity contribution in [3.63, 3.8) is 0 Å². The minimum atomic E-state index is -4.07. The van der Waals surface area contributed by atoms with Crippen LogP contribution in [0.3, 0.4) is 0 Å². The first-order chi connectivity index (χ1) is 12.3. The van der Waals surface area contributed by atoms with Crippen LogP contribution in [0.25, 0.3) is 0 Å². The zero-order valence-electron chi connectivity index (χ0n) is 14.3.